The number of hydrogen-bond acceptors (Lipinski definition) is 7. The van der Waals surface area contributed by atoms with Crippen LogP contribution in [-0.2, 0) is 4.79 Å². The van der Waals surface area contributed by atoms with Crippen LogP contribution in [0, 0.1) is 24.0 Å². The van der Waals surface area contributed by atoms with Gasteiger partial charge in [-0.1, -0.05) is 6.07 Å². The second kappa shape index (κ2) is 8.36. The number of hydrogen-bond donors (Lipinski definition) is 1. The normalized spacial score (nSPS) is 16.2. The first kappa shape index (κ1) is 20.4. The van der Waals surface area contributed by atoms with E-state index < -0.39 is 4.92 Å². The highest BCUT2D eigenvalue weighted by Crippen LogP contribution is 2.37. The number of amides is 1. The van der Waals surface area contributed by atoms with Gasteiger partial charge in [0.15, 0.2) is 16.7 Å². The van der Waals surface area contributed by atoms with Gasteiger partial charge in [0.2, 0.25) is 0 Å². The molecule has 0 bridgehead atoms. The van der Waals surface area contributed by atoms with Crippen molar-refractivity contribution in [2.45, 2.75) is 13.8 Å². The molecule has 2 aromatic rings. The lowest BCUT2D eigenvalue weighted by molar-refractivity contribution is -0.385. The van der Waals surface area contributed by atoms with Crippen LogP contribution in [0.15, 0.2) is 40.2 Å². The number of nitrogens with one attached hydrogen (secondary N) is 1. The third kappa shape index (κ3) is 4.57. The molecule has 1 saturated heterocycles. The molecule has 0 spiro atoms. The maximum absolute atomic E-state index is 12.4. The van der Waals surface area contributed by atoms with Gasteiger partial charge in [0.25, 0.3) is 11.6 Å². The molecule has 150 valence electrons. The Hall–Kier alpha value is -3.33. The van der Waals surface area contributed by atoms with E-state index >= 15 is 0 Å². The van der Waals surface area contributed by atoms with E-state index in [0.717, 1.165) is 28.6 Å². The second-order valence-corrected chi connectivity index (χ2v) is 7.38. The first-order valence-electron chi connectivity index (χ1n) is 8.59. The molecule has 29 heavy (non-hydrogen) atoms. The number of aryl methyl sites for hydroxylation is 2. The van der Waals surface area contributed by atoms with Gasteiger partial charge in [0.05, 0.1) is 41.4 Å². The summed E-state index contributed by atoms with van der Waals surface area (Å²) >= 11 is 1.12. The van der Waals surface area contributed by atoms with Gasteiger partial charge in [-0.15, -0.1) is 0 Å². The molecule has 0 aliphatic carbocycles. The number of ether oxygens (including phenoxy) is 2. The number of thioether (sulfide) groups is 1. The molecule has 9 heteroatoms. The van der Waals surface area contributed by atoms with Gasteiger partial charge in [-0.3, -0.25) is 14.9 Å². The lowest BCUT2D eigenvalue weighted by atomic mass is 10.1. The van der Waals surface area contributed by atoms with Gasteiger partial charge in [0.1, 0.15) is 0 Å². The lowest BCUT2D eigenvalue weighted by Crippen LogP contribution is -2.19. The first-order chi connectivity index (χ1) is 13.8. The number of nitrogens with zero attached hydrogens (tertiary/aromatic N) is 2. The van der Waals surface area contributed by atoms with E-state index in [-0.39, 0.29) is 22.9 Å². The van der Waals surface area contributed by atoms with E-state index in [1.165, 1.54) is 32.4 Å². The van der Waals surface area contributed by atoms with E-state index in [2.05, 4.69) is 10.3 Å². The van der Waals surface area contributed by atoms with E-state index in [1.807, 2.05) is 32.0 Å². The van der Waals surface area contributed by atoms with Crippen molar-refractivity contribution in [3.8, 4) is 11.5 Å². The molecule has 2 aromatic carbocycles. The van der Waals surface area contributed by atoms with Crippen LogP contribution in [0.25, 0.3) is 6.08 Å². The number of carbonyl (C=O) groups excluding carboxylic acids is 1. The fourth-order valence-electron chi connectivity index (χ4n) is 2.91. The molecule has 0 aromatic heterocycles. The van der Waals surface area contributed by atoms with Crippen LogP contribution in [0.3, 0.4) is 0 Å². The van der Waals surface area contributed by atoms with E-state index in [9.17, 15) is 14.9 Å². The number of rotatable bonds is 5. The zero-order valence-electron chi connectivity index (χ0n) is 16.3. The molecule has 0 unspecified atom stereocenters. The molecule has 8 nitrogen and oxygen atoms in total. The zero-order valence-corrected chi connectivity index (χ0v) is 17.1. The molecule has 1 aliphatic heterocycles. The summed E-state index contributed by atoms with van der Waals surface area (Å²) in [6, 6.07) is 8.59. The van der Waals surface area contributed by atoms with Crippen molar-refractivity contribution in [3.05, 3.63) is 62.0 Å². The Bertz CT molecular complexity index is 1040. The summed E-state index contributed by atoms with van der Waals surface area (Å²) in [7, 11) is 2.84. The van der Waals surface area contributed by atoms with Crippen molar-refractivity contribution in [2.24, 2.45) is 4.99 Å². The number of nitro benzene ring substituents is 1. The van der Waals surface area contributed by atoms with Crippen molar-refractivity contribution >= 4 is 40.3 Å². The SMILES string of the molecule is COc1cc(/C=C2\SC(=Nc3cc(C)cc(C)c3)NC2=O)c([N+](=O)[O-])cc1OC. The number of aliphatic imine (C=N–C) groups is 1. The summed E-state index contributed by atoms with van der Waals surface area (Å²) in [6.45, 7) is 3.94. The second-order valence-electron chi connectivity index (χ2n) is 6.35. The van der Waals surface area contributed by atoms with Crippen LogP contribution in [-0.4, -0.2) is 30.2 Å². The molecule has 1 N–H and O–H groups in total. The molecule has 1 amide bonds. The average Bonchev–Trinajstić information content (AvgIpc) is 2.99. The highest BCUT2D eigenvalue weighted by atomic mass is 32.2. The van der Waals surface area contributed by atoms with Crippen molar-refractivity contribution in [2.75, 3.05) is 14.2 Å². The average molecular weight is 413 g/mol. The summed E-state index contributed by atoms with van der Waals surface area (Å²) in [5.74, 6) is 0.196. The van der Waals surface area contributed by atoms with Gasteiger partial charge in [0, 0.05) is 0 Å². The minimum absolute atomic E-state index is 0.191. The summed E-state index contributed by atoms with van der Waals surface area (Å²) in [5.41, 5.74) is 2.90. The Balaban J connectivity index is 1.98. The topological polar surface area (TPSA) is 103 Å². The number of amidine groups is 1. The summed E-state index contributed by atoms with van der Waals surface area (Å²) < 4.78 is 10.3. The van der Waals surface area contributed by atoms with Crippen LogP contribution >= 0.6 is 11.8 Å². The maximum Gasteiger partial charge on any atom is 0.280 e. The Morgan fingerprint density at radius 2 is 1.69 bits per heavy atom. The molecule has 3 rings (SSSR count). The predicted molar refractivity (Wildman–Crippen MR) is 113 cm³/mol. The van der Waals surface area contributed by atoms with Gasteiger partial charge >= 0.3 is 0 Å². The Morgan fingerprint density at radius 1 is 1.07 bits per heavy atom. The Kier molecular flexibility index (Phi) is 5.88. The third-order valence-electron chi connectivity index (χ3n) is 4.10. The Labute approximate surface area is 171 Å². The molecule has 1 heterocycles. The monoisotopic (exact) mass is 413 g/mol. The van der Waals surface area contributed by atoms with E-state index in [4.69, 9.17) is 9.47 Å². The number of methoxy groups -OCH3 is 2. The number of carbonyl (C=O) groups is 1. The molecule has 0 radical (unpaired) electrons. The highest BCUT2D eigenvalue weighted by molar-refractivity contribution is 8.18. The highest BCUT2D eigenvalue weighted by Gasteiger charge is 2.26. The molecular weight excluding hydrogens is 394 g/mol. The van der Waals surface area contributed by atoms with Gasteiger partial charge in [-0.2, -0.15) is 0 Å². The quantitative estimate of drug-likeness (QED) is 0.449. The summed E-state index contributed by atoms with van der Waals surface area (Å²) in [4.78, 5) is 28.1. The summed E-state index contributed by atoms with van der Waals surface area (Å²) in [5, 5.41) is 14.6. The number of nitro groups is 1. The van der Waals surface area contributed by atoms with Crippen molar-refractivity contribution in [3.63, 3.8) is 0 Å². The van der Waals surface area contributed by atoms with Crippen LogP contribution in [0.1, 0.15) is 16.7 Å². The van der Waals surface area contributed by atoms with Gasteiger partial charge in [-0.05, 0) is 61.0 Å². The lowest BCUT2D eigenvalue weighted by Gasteiger charge is -2.08. The minimum Gasteiger partial charge on any atom is -0.493 e. The minimum atomic E-state index is -0.531. The molecule has 1 aliphatic rings. The van der Waals surface area contributed by atoms with E-state index in [0.29, 0.717) is 15.8 Å². The fourth-order valence-corrected chi connectivity index (χ4v) is 3.74. The smallest absolute Gasteiger partial charge is 0.280 e. The first-order valence-corrected chi connectivity index (χ1v) is 9.40. The van der Waals surface area contributed by atoms with Crippen LogP contribution in [0.5, 0.6) is 11.5 Å². The number of benzene rings is 2. The van der Waals surface area contributed by atoms with Crippen LogP contribution < -0.4 is 14.8 Å². The Morgan fingerprint density at radius 3 is 2.28 bits per heavy atom. The fraction of sp³-hybridized carbons (Fsp3) is 0.200. The van der Waals surface area contributed by atoms with Crippen molar-refractivity contribution in [1.82, 2.24) is 5.32 Å². The standard InChI is InChI=1S/C20H19N3O5S/c1-11-5-12(2)7-14(6-11)21-20-22-19(24)18(29-20)9-13-8-16(27-3)17(28-4)10-15(13)23(25)26/h5-10H,1-4H3,(H,21,22,24)/b18-9-. The molecule has 0 saturated carbocycles. The molecule has 1 fully saturated rings. The van der Waals surface area contributed by atoms with Crippen molar-refractivity contribution < 1.29 is 19.2 Å². The van der Waals surface area contributed by atoms with Crippen LogP contribution in [0.4, 0.5) is 11.4 Å². The summed E-state index contributed by atoms with van der Waals surface area (Å²) in [6.07, 6.45) is 1.45. The zero-order chi connectivity index (χ0) is 21.1. The van der Waals surface area contributed by atoms with E-state index in [1.54, 1.807) is 0 Å². The van der Waals surface area contributed by atoms with Gasteiger partial charge in [-0.25, -0.2) is 4.99 Å². The molecule has 0 atom stereocenters. The largest absolute Gasteiger partial charge is 0.493 e. The maximum atomic E-state index is 12.4. The predicted octanol–water partition coefficient (Wildman–Crippen LogP) is 4.12. The third-order valence-corrected chi connectivity index (χ3v) is 5.01. The molecular formula is C20H19N3O5S. The van der Waals surface area contributed by atoms with Gasteiger partial charge < -0.3 is 14.8 Å². The van der Waals surface area contributed by atoms with Crippen LogP contribution in [0.2, 0.25) is 0 Å². The van der Waals surface area contributed by atoms with Crippen molar-refractivity contribution in [1.29, 1.82) is 0 Å².